The van der Waals surface area contributed by atoms with Crippen LogP contribution in [0.15, 0.2) is 65.7 Å². The SMILES string of the molecule is CCN1C(=O)/C(=C\Nc2cccc(NC(=O)CN3CCC(C#N)(c4ccccc4)CC3)c2)SC1C(C#N)C(=O)NCC#N. The van der Waals surface area contributed by atoms with Gasteiger partial charge in [0.2, 0.25) is 11.8 Å². The smallest absolute Gasteiger partial charge is 0.262 e. The van der Waals surface area contributed by atoms with Crippen LogP contribution in [0.2, 0.25) is 0 Å². The average Bonchev–Trinajstić information content (AvgIpc) is 3.34. The molecule has 0 bridgehead atoms. The molecule has 0 radical (unpaired) electrons. The minimum absolute atomic E-state index is 0.167. The Morgan fingerprint density at radius 3 is 2.47 bits per heavy atom. The summed E-state index contributed by atoms with van der Waals surface area (Å²) in [6.07, 6.45) is 2.84. The van der Waals surface area contributed by atoms with Crippen LogP contribution >= 0.6 is 11.8 Å². The van der Waals surface area contributed by atoms with Gasteiger partial charge in [-0.2, -0.15) is 15.8 Å². The summed E-state index contributed by atoms with van der Waals surface area (Å²) in [6.45, 7) is 3.33. The second-order valence-corrected chi connectivity index (χ2v) is 11.4. The van der Waals surface area contributed by atoms with Crippen molar-refractivity contribution in [2.75, 3.05) is 43.4 Å². The Morgan fingerprint density at radius 1 is 1.09 bits per heavy atom. The Labute approximate surface area is 255 Å². The molecule has 2 heterocycles. The Hall–Kier alpha value is -4.83. The van der Waals surface area contributed by atoms with E-state index in [1.54, 1.807) is 31.2 Å². The number of nitrogens with one attached hydrogen (secondary N) is 3. The maximum Gasteiger partial charge on any atom is 0.262 e. The molecular formula is C31H32N8O3S. The first-order chi connectivity index (χ1) is 20.8. The first-order valence-electron chi connectivity index (χ1n) is 13.9. The quantitative estimate of drug-likeness (QED) is 0.276. The van der Waals surface area contributed by atoms with Crippen LogP contribution < -0.4 is 16.0 Å². The van der Waals surface area contributed by atoms with Crippen molar-refractivity contribution in [2.45, 2.75) is 30.6 Å². The third kappa shape index (κ3) is 7.34. The predicted octanol–water partition coefficient (Wildman–Crippen LogP) is 3.14. The summed E-state index contributed by atoms with van der Waals surface area (Å²) < 4.78 is 0. The van der Waals surface area contributed by atoms with Gasteiger partial charge in [0.25, 0.3) is 5.91 Å². The van der Waals surface area contributed by atoms with Gasteiger partial charge in [-0.3, -0.25) is 19.3 Å². The van der Waals surface area contributed by atoms with Crippen LogP contribution in [0.3, 0.4) is 0 Å². The molecule has 2 atom stereocenters. The van der Waals surface area contributed by atoms with E-state index < -0.39 is 22.6 Å². The lowest BCUT2D eigenvalue weighted by atomic mass is 9.74. The monoisotopic (exact) mass is 596 g/mol. The third-order valence-corrected chi connectivity index (χ3v) is 8.86. The summed E-state index contributed by atoms with van der Waals surface area (Å²) in [4.78, 5) is 42.1. The molecule has 11 nitrogen and oxygen atoms in total. The number of nitrogens with zero attached hydrogens (tertiary/aromatic N) is 5. The highest BCUT2D eigenvalue weighted by Crippen LogP contribution is 2.39. The molecule has 0 aromatic heterocycles. The van der Waals surface area contributed by atoms with E-state index in [-0.39, 0.29) is 24.9 Å². The minimum Gasteiger partial charge on any atom is -0.360 e. The second kappa shape index (κ2) is 14.4. The number of carbonyl (C=O) groups is 3. The van der Waals surface area contributed by atoms with Crippen molar-refractivity contribution in [1.29, 1.82) is 15.8 Å². The van der Waals surface area contributed by atoms with Crippen molar-refractivity contribution in [3.05, 3.63) is 71.3 Å². The third-order valence-electron chi connectivity index (χ3n) is 7.55. The summed E-state index contributed by atoms with van der Waals surface area (Å²) >= 11 is 1.11. The molecule has 2 saturated heterocycles. The van der Waals surface area contributed by atoms with Gasteiger partial charge in [-0.25, -0.2) is 0 Å². The molecule has 2 aromatic rings. The van der Waals surface area contributed by atoms with Crippen LogP contribution in [0, 0.1) is 39.9 Å². The van der Waals surface area contributed by atoms with E-state index >= 15 is 0 Å². The van der Waals surface area contributed by atoms with Crippen molar-refractivity contribution in [3.63, 3.8) is 0 Å². The number of nitriles is 3. The van der Waals surface area contributed by atoms with Gasteiger partial charge >= 0.3 is 0 Å². The van der Waals surface area contributed by atoms with E-state index in [4.69, 9.17) is 5.26 Å². The number of anilines is 2. The Kier molecular flexibility index (Phi) is 10.4. The molecule has 2 unspecified atom stereocenters. The van der Waals surface area contributed by atoms with Gasteiger partial charge in [-0.1, -0.05) is 48.2 Å². The number of likely N-dealkylation sites (N-methyl/N-ethyl adjacent to an activating group) is 1. The Balaban J connectivity index is 1.34. The fourth-order valence-corrected chi connectivity index (χ4v) is 6.51. The number of piperidine rings is 1. The van der Waals surface area contributed by atoms with Crippen LogP contribution in [-0.2, 0) is 19.8 Å². The minimum atomic E-state index is -1.14. The number of likely N-dealkylation sites (tertiary alicyclic amines) is 1. The summed E-state index contributed by atoms with van der Waals surface area (Å²) in [6, 6.07) is 23.1. The van der Waals surface area contributed by atoms with Gasteiger partial charge in [0.1, 0.15) is 11.9 Å². The van der Waals surface area contributed by atoms with Crippen LogP contribution in [0.5, 0.6) is 0 Å². The maximum absolute atomic E-state index is 13.0. The summed E-state index contributed by atoms with van der Waals surface area (Å²) in [7, 11) is 0. The first kappa shape index (κ1) is 31.1. The molecule has 2 aliphatic rings. The van der Waals surface area contributed by atoms with Crippen LogP contribution in [0.1, 0.15) is 25.3 Å². The molecule has 3 amide bonds. The van der Waals surface area contributed by atoms with Gasteiger partial charge in [0.05, 0.1) is 35.1 Å². The number of amides is 3. The number of thioether (sulfide) groups is 1. The molecule has 0 saturated carbocycles. The zero-order chi connectivity index (χ0) is 30.8. The number of hydrogen-bond donors (Lipinski definition) is 3. The predicted molar refractivity (Wildman–Crippen MR) is 163 cm³/mol. The van der Waals surface area contributed by atoms with E-state index in [1.807, 2.05) is 47.4 Å². The standard InChI is InChI=1S/C31H32N8O3S/c1-2-39-29(42)26(43-30(39)25(18-33)28(41)35-14-13-32)19-36-23-9-6-10-24(17-23)37-27(40)20-38-15-11-31(21-34,12-16-38)22-7-4-3-5-8-22/h3-10,17,19,25,30,36H,2,11-12,14-16,20H2,1H3,(H,35,41)(H,37,40)/b26-19+. The number of hydrogen-bond acceptors (Lipinski definition) is 9. The van der Waals surface area contributed by atoms with Gasteiger partial charge in [-0.05, 0) is 43.5 Å². The molecule has 2 aromatic carbocycles. The largest absolute Gasteiger partial charge is 0.360 e. The first-order valence-corrected chi connectivity index (χ1v) is 14.8. The van der Waals surface area contributed by atoms with E-state index in [9.17, 15) is 24.9 Å². The van der Waals surface area contributed by atoms with Gasteiger partial charge in [0, 0.05) is 37.2 Å². The lowest BCUT2D eigenvalue weighted by Crippen LogP contribution is -2.44. The average molecular weight is 597 g/mol. The van der Waals surface area contributed by atoms with Crippen molar-refractivity contribution in [1.82, 2.24) is 15.1 Å². The maximum atomic E-state index is 13.0. The van der Waals surface area contributed by atoms with Gasteiger partial charge in [-0.15, -0.1) is 0 Å². The highest BCUT2D eigenvalue weighted by atomic mass is 32.2. The van der Waals surface area contributed by atoms with Gasteiger partial charge in [0.15, 0.2) is 5.92 Å². The molecule has 4 rings (SSSR count). The second-order valence-electron chi connectivity index (χ2n) is 10.2. The molecular weight excluding hydrogens is 564 g/mol. The highest BCUT2D eigenvalue weighted by molar-refractivity contribution is 8.05. The lowest BCUT2D eigenvalue weighted by Gasteiger charge is -2.37. The van der Waals surface area contributed by atoms with E-state index in [0.717, 1.165) is 17.3 Å². The van der Waals surface area contributed by atoms with Crippen molar-refractivity contribution < 1.29 is 14.4 Å². The van der Waals surface area contributed by atoms with Crippen molar-refractivity contribution in [3.8, 4) is 18.2 Å². The summed E-state index contributed by atoms with van der Waals surface area (Å²) in [5, 5.41) is 35.9. The molecule has 0 spiro atoms. The Morgan fingerprint density at radius 2 is 1.81 bits per heavy atom. The fraction of sp³-hybridized carbons (Fsp3) is 0.355. The lowest BCUT2D eigenvalue weighted by molar-refractivity contribution is -0.128. The van der Waals surface area contributed by atoms with Crippen molar-refractivity contribution in [2.24, 2.45) is 5.92 Å². The van der Waals surface area contributed by atoms with Crippen molar-refractivity contribution >= 4 is 40.9 Å². The number of carbonyl (C=O) groups excluding carboxylic acids is 3. The van der Waals surface area contributed by atoms with Crippen LogP contribution in [0.4, 0.5) is 11.4 Å². The molecule has 0 aliphatic carbocycles. The molecule has 43 heavy (non-hydrogen) atoms. The normalized spacial score (nSPS) is 19.5. The summed E-state index contributed by atoms with van der Waals surface area (Å²) in [5.41, 5.74) is 1.70. The molecule has 2 aliphatic heterocycles. The number of benzene rings is 2. The van der Waals surface area contributed by atoms with Crippen LogP contribution in [-0.4, -0.2) is 65.6 Å². The van der Waals surface area contributed by atoms with E-state index in [0.29, 0.717) is 48.8 Å². The zero-order valence-electron chi connectivity index (χ0n) is 23.7. The highest BCUT2D eigenvalue weighted by Gasteiger charge is 2.43. The van der Waals surface area contributed by atoms with Crippen LogP contribution in [0.25, 0.3) is 0 Å². The zero-order valence-corrected chi connectivity index (χ0v) is 24.6. The van der Waals surface area contributed by atoms with Gasteiger partial charge < -0.3 is 20.9 Å². The molecule has 3 N–H and O–H groups in total. The fourth-order valence-electron chi connectivity index (χ4n) is 5.21. The topological polar surface area (TPSA) is 165 Å². The molecule has 220 valence electrons. The summed E-state index contributed by atoms with van der Waals surface area (Å²) in [5.74, 6) is -2.21. The van der Waals surface area contributed by atoms with E-state index in [2.05, 4.69) is 22.0 Å². The number of rotatable bonds is 10. The van der Waals surface area contributed by atoms with E-state index in [1.165, 1.54) is 11.1 Å². The molecule has 2 fully saturated rings. The Bertz CT molecular complexity index is 1500. The molecule has 12 heteroatoms.